The lowest BCUT2D eigenvalue weighted by Crippen LogP contribution is -2.52. The van der Waals surface area contributed by atoms with Crippen LogP contribution >= 0.6 is 23.8 Å². The number of carbonyl (C=O) groups excluding carboxylic acids is 2. The number of benzene rings is 1. The average Bonchev–Trinajstić information content (AvgIpc) is 2.60. The van der Waals surface area contributed by atoms with Crippen LogP contribution in [0.5, 0.6) is 0 Å². The topological polar surface area (TPSA) is 43.9 Å². The Hall–Kier alpha value is -1.92. The molecule has 0 aliphatic carbocycles. The molecule has 2 amide bonds. The van der Waals surface area contributed by atoms with Crippen LogP contribution in [0.2, 0.25) is 5.02 Å². The van der Waals surface area contributed by atoms with E-state index in [9.17, 15) is 9.59 Å². The minimum atomic E-state index is -0.414. The van der Waals surface area contributed by atoms with Crippen LogP contribution in [0.4, 0.5) is 5.69 Å². The third kappa shape index (κ3) is 3.15. The van der Waals surface area contributed by atoms with Crippen molar-refractivity contribution >= 4 is 52.5 Å². The van der Waals surface area contributed by atoms with E-state index >= 15 is 0 Å². The first-order chi connectivity index (χ1) is 12.5. The molecule has 0 saturated carbocycles. The summed E-state index contributed by atoms with van der Waals surface area (Å²) in [5.74, 6) is -0.484. The summed E-state index contributed by atoms with van der Waals surface area (Å²) >= 11 is 11.7. The van der Waals surface area contributed by atoms with Gasteiger partial charge in [-0.25, -0.2) is 0 Å². The number of amides is 2. The molecule has 3 rings (SSSR count). The quantitative estimate of drug-likeness (QED) is 0.406. The summed E-state index contributed by atoms with van der Waals surface area (Å²) < 4.78 is 0. The van der Waals surface area contributed by atoms with Gasteiger partial charge in [-0.05, 0) is 67.7 Å². The van der Waals surface area contributed by atoms with Crippen molar-refractivity contribution in [2.24, 2.45) is 0 Å². The molecule has 1 saturated heterocycles. The predicted octanol–water partition coefficient (Wildman–Crippen LogP) is 3.66. The first-order valence-corrected chi connectivity index (χ1v) is 9.63. The molecule has 0 aromatic heterocycles. The highest BCUT2D eigenvalue weighted by Gasteiger charge is 2.37. The lowest BCUT2D eigenvalue weighted by atomic mass is 9.80. The second-order valence-corrected chi connectivity index (χ2v) is 8.75. The average molecular weight is 406 g/mol. The van der Waals surface area contributed by atoms with Gasteiger partial charge in [-0.3, -0.25) is 19.4 Å². The molecular formula is C20H24ClN3O2S. The zero-order valence-electron chi connectivity index (χ0n) is 16.5. The van der Waals surface area contributed by atoms with Gasteiger partial charge >= 0.3 is 0 Å². The smallest absolute Gasteiger partial charge is 0.265 e. The van der Waals surface area contributed by atoms with Crippen molar-refractivity contribution < 1.29 is 9.59 Å². The summed E-state index contributed by atoms with van der Waals surface area (Å²) in [5, 5.41) is 0.702. The summed E-state index contributed by atoms with van der Waals surface area (Å²) in [4.78, 5) is 30.0. The van der Waals surface area contributed by atoms with E-state index < -0.39 is 11.8 Å². The van der Waals surface area contributed by atoms with Crippen LogP contribution in [0.25, 0.3) is 6.08 Å². The van der Waals surface area contributed by atoms with Gasteiger partial charge in [0.25, 0.3) is 11.8 Å². The van der Waals surface area contributed by atoms with Gasteiger partial charge in [0.05, 0.1) is 0 Å². The molecule has 7 heteroatoms. The maximum Gasteiger partial charge on any atom is 0.265 e. The lowest BCUT2D eigenvalue weighted by molar-refractivity contribution is -0.132. The zero-order valence-corrected chi connectivity index (χ0v) is 18.0. The third-order valence-corrected chi connectivity index (χ3v) is 6.57. The molecule has 1 fully saturated rings. The van der Waals surface area contributed by atoms with Crippen molar-refractivity contribution in [3.05, 3.63) is 33.9 Å². The Bertz CT molecular complexity index is 867. The van der Waals surface area contributed by atoms with Crippen molar-refractivity contribution in [1.82, 2.24) is 9.80 Å². The molecule has 2 aliphatic rings. The Morgan fingerprint density at radius 1 is 1.15 bits per heavy atom. The minimum absolute atomic E-state index is 0.0339. The molecule has 1 aromatic carbocycles. The van der Waals surface area contributed by atoms with Gasteiger partial charge in [0, 0.05) is 37.4 Å². The monoisotopic (exact) mass is 405 g/mol. The molecular weight excluding hydrogens is 382 g/mol. The van der Waals surface area contributed by atoms with Crippen molar-refractivity contribution in [2.45, 2.75) is 38.6 Å². The highest BCUT2D eigenvalue weighted by Crippen LogP contribution is 2.44. The van der Waals surface area contributed by atoms with E-state index in [-0.39, 0.29) is 16.2 Å². The Balaban J connectivity index is 2.10. The second kappa shape index (κ2) is 6.60. The number of nitrogens with zero attached hydrogens (tertiary/aromatic N) is 3. The molecule has 1 aromatic rings. The molecule has 27 heavy (non-hydrogen) atoms. The van der Waals surface area contributed by atoms with E-state index in [4.69, 9.17) is 23.8 Å². The van der Waals surface area contributed by atoms with Gasteiger partial charge < -0.3 is 4.90 Å². The summed E-state index contributed by atoms with van der Waals surface area (Å²) in [5.41, 5.74) is 3.02. The van der Waals surface area contributed by atoms with Crippen LogP contribution in [0.15, 0.2) is 17.7 Å². The summed E-state index contributed by atoms with van der Waals surface area (Å²) in [6.07, 6.45) is 2.58. The Kier molecular flexibility index (Phi) is 4.85. The standard InChI is InChI=1S/C20H24ClN3O2S/c1-11-10-20(2,3)24(6)16-9-15(21)12(7-13(11)16)8-14-17(25)22(4)19(27)23(5)18(14)26/h7-9,11H,10H2,1-6H3/t11-/m1/s1. The summed E-state index contributed by atoms with van der Waals surface area (Å²) in [6.45, 7) is 6.61. The summed E-state index contributed by atoms with van der Waals surface area (Å²) in [6, 6.07) is 3.92. The maximum absolute atomic E-state index is 12.6. The van der Waals surface area contributed by atoms with Crippen LogP contribution in [-0.2, 0) is 9.59 Å². The maximum atomic E-state index is 12.6. The Labute approximate surface area is 170 Å². The number of hydrogen-bond acceptors (Lipinski definition) is 4. The van der Waals surface area contributed by atoms with E-state index in [0.29, 0.717) is 16.5 Å². The Morgan fingerprint density at radius 3 is 2.26 bits per heavy atom. The molecule has 5 nitrogen and oxygen atoms in total. The molecule has 2 aliphatic heterocycles. The van der Waals surface area contributed by atoms with E-state index in [1.165, 1.54) is 15.4 Å². The second-order valence-electron chi connectivity index (χ2n) is 7.98. The largest absolute Gasteiger partial charge is 0.369 e. The molecule has 2 heterocycles. The number of halogens is 1. The highest BCUT2D eigenvalue weighted by atomic mass is 35.5. The van der Waals surface area contributed by atoms with Gasteiger partial charge in [-0.15, -0.1) is 0 Å². The normalized spacial score (nSPS) is 22.3. The molecule has 0 radical (unpaired) electrons. The zero-order chi connectivity index (χ0) is 20.3. The van der Waals surface area contributed by atoms with E-state index in [0.717, 1.165) is 12.1 Å². The van der Waals surface area contributed by atoms with Crippen molar-refractivity contribution in [2.75, 3.05) is 26.0 Å². The number of anilines is 1. The third-order valence-electron chi connectivity index (χ3n) is 5.70. The number of hydrogen-bond donors (Lipinski definition) is 0. The number of fused-ring (bicyclic) bond motifs is 1. The molecule has 0 N–H and O–H groups in total. The van der Waals surface area contributed by atoms with Crippen molar-refractivity contribution in [1.29, 1.82) is 0 Å². The molecule has 144 valence electrons. The van der Waals surface area contributed by atoms with Gasteiger partial charge in [0.2, 0.25) is 0 Å². The van der Waals surface area contributed by atoms with Crippen LogP contribution in [0.1, 0.15) is 44.2 Å². The molecule has 0 unspecified atom stereocenters. The number of rotatable bonds is 1. The van der Waals surface area contributed by atoms with Gasteiger partial charge in [-0.1, -0.05) is 18.5 Å². The van der Waals surface area contributed by atoms with Crippen LogP contribution < -0.4 is 4.90 Å². The highest BCUT2D eigenvalue weighted by molar-refractivity contribution is 7.80. The number of carbonyl (C=O) groups is 2. The van der Waals surface area contributed by atoms with Crippen LogP contribution in [0.3, 0.4) is 0 Å². The van der Waals surface area contributed by atoms with Gasteiger partial charge in [0.15, 0.2) is 5.11 Å². The summed E-state index contributed by atoms with van der Waals surface area (Å²) in [7, 11) is 5.20. The van der Waals surface area contributed by atoms with Crippen LogP contribution in [-0.4, -0.2) is 53.4 Å². The fraction of sp³-hybridized carbons (Fsp3) is 0.450. The first kappa shape index (κ1) is 19.8. The SMILES string of the molecule is C[C@@H]1CC(C)(C)N(C)c2cc(Cl)c(C=C3C(=O)N(C)C(=S)N(C)C3=O)cc21. The number of thiocarbonyl (C=S) groups is 1. The Morgan fingerprint density at radius 2 is 1.70 bits per heavy atom. The molecule has 1 atom stereocenters. The van der Waals surface area contributed by atoms with E-state index in [1.54, 1.807) is 20.2 Å². The van der Waals surface area contributed by atoms with Gasteiger partial charge in [0.1, 0.15) is 5.57 Å². The number of likely N-dealkylation sites (N-methyl/N-ethyl adjacent to an activating group) is 2. The van der Waals surface area contributed by atoms with Crippen molar-refractivity contribution in [3.8, 4) is 0 Å². The predicted molar refractivity (Wildman–Crippen MR) is 113 cm³/mol. The molecule has 0 bridgehead atoms. The fourth-order valence-corrected chi connectivity index (χ4v) is 4.22. The molecule has 0 spiro atoms. The van der Waals surface area contributed by atoms with Crippen molar-refractivity contribution in [3.63, 3.8) is 0 Å². The first-order valence-electron chi connectivity index (χ1n) is 8.84. The minimum Gasteiger partial charge on any atom is -0.369 e. The van der Waals surface area contributed by atoms with Gasteiger partial charge in [-0.2, -0.15) is 0 Å². The fourth-order valence-electron chi connectivity index (χ4n) is 3.85. The van der Waals surface area contributed by atoms with Crippen LogP contribution in [0, 0.1) is 0 Å². The van der Waals surface area contributed by atoms with E-state index in [1.807, 2.05) is 12.1 Å². The van der Waals surface area contributed by atoms with E-state index in [2.05, 4.69) is 32.7 Å². The lowest BCUT2D eigenvalue weighted by Gasteiger charge is -2.45.